The first kappa shape index (κ1) is 19.1. The zero-order chi connectivity index (χ0) is 20.6. The second-order valence-electron chi connectivity index (χ2n) is 6.59. The van der Waals surface area contributed by atoms with Gasteiger partial charge in [0.1, 0.15) is 0 Å². The van der Waals surface area contributed by atoms with E-state index in [1.807, 2.05) is 24.3 Å². The molecule has 29 heavy (non-hydrogen) atoms. The van der Waals surface area contributed by atoms with Crippen molar-refractivity contribution >= 4 is 33.0 Å². The third kappa shape index (κ3) is 4.14. The molecule has 2 aromatic carbocycles. The average Bonchev–Trinajstić information content (AvgIpc) is 3.11. The quantitative estimate of drug-likeness (QED) is 0.415. The molecule has 0 saturated heterocycles. The molecule has 3 nitrogen and oxygen atoms in total. The fourth-order valence-electron chi connectivity index (χ4n) is 3.04. The third-order valence-corrected chi connectivity index (χ3v) is 5.51. The maximum absolute atomic E-state index is 13.4. The van der Waals surface area contributed by atoms with Gasteiger partial charge in [0.05, 0.1) is 10.4 Å². The molecular formula is C22H15F3N2OS. The first-order valence-electron chi connectivity index (χ1n) is 8.75. The van der Waals surface area contributed by atoms with Gasteiger partial charge in [-0.1, -0.05) is 18.2 Å². The Kier molecular flexibility index (Phi) is 4.84. The first-order valence-corrected chi connectivity index (χ1v) is 9.56. The summed E-state index contributed by atoms with van der Waals surface area (Å²) in [4.78, 5) is 17.2. The lowest BCUT2D eigenvalue weighted by Crippen LogP contribution is -2.12. The molecule has 2 aromatic heterocycles. The Balaban J connectivity index is 1.72. The molecule has 4 aromatic rings. The molecule has 0 spiro atoms. The van der Waals surface area contributed by atoms with E-state index in [0.717, 1.165) is 22.2 Å². The number of carbonyl (C=O) groups excluding carboxylic acids is 1. The number of alkyl halides is 3. The van der Waals surface area contributed by atoms with Gasteiger partial charge in [-0.15, -0.1) is 11.3 Å². The van der Waals surface area contributed by atoms with Crippen LogP contribution in [0.4, 0.5) is 18.9 Å². The Morgan fingerprint density at radius 1 is 1.00 bits per heavy atom. The van der Waals surface area contributed by atoms with E-state index >= 15 is 0 Å². The number of rotatable bonds is 3. The molecule has 1 amide bonds. The van der Waals surface area contributed by atoms with Gasteiger partial charge < -0.3 is 5.32 Å². The molecule has 1 N–H and O–H groups in total. The van der Waals surface area contributed by atoms with Gasteiger partial charge in [0.25, 0.3) is 5.91 Å². The van der Waals surface area contributed by atoms with Crippen LogP contribution in [-0.2, 0) is 6.18 Å². The van der Waals surface area contributed by atoms with E-state index < -0.39 is 17.6 Å². The summed E-state index contributed by atoms with van der Waals surface area (Å²) in [5.74, 6) is -0.442. The minimum absolute atomic E-state index is 0.0896. The fraction of sp³-hybridized carbons (Fsp3) is 0.0909. The van der Waals surface area contributed by atoms with E-state index in [1.54, 1.807) is 31.3 Å². The van der Waals surface area contributed by atoms with Crippen LogP contribution >= 0.6 is 11.3 Å². The highest BCUT2D eigenvalue weighted by Gasteiger charge is 2.31. The Morgan fingerprint density at radius 3 is 2.52 bits per heavy atom. The van der Waals surface area contributed by atoms with E-state index in [9.17, 15) is 18.0 Å². The number of hydrogen-bond acceptors (Lipinski definition) is 3. The number of aromatic nitrogens is 1. The van der Waals surface area contributed by atoms with Crippen molar-refractivity contribution in [1.82, 2.24) is 4.98 Å². The molecule has 0 saturated carbocycles. The normalized spacial score (nSPS) is 11.6. The van der Waals surface area contributed by atoms with Crippen LogP contribution in [0, 0.1) is 6.92 Å². The molecule has 0 aliphatic rings. The Morgan fingerprint density at radius 2 is 1.79 bits per heavy atom. The SMILES string of the molecule is Cc1cc(-c2cc(NC(=O)c3cc4ccccc4s3)cc(C(F)(F)F)c2)ccn1. The average molecular weight is 412 g/mol. The van der Waals surface area contributed by atoms with Crippen molar-refractivity contribution < 1.29 is 18.0 Å². The van der Waals surface area contributed by atoms with Gasteiger partial charge in [-0.25, -0.2) is 0 Å². The number of aryl methyl sites for hydroxylation is 1. The molecule has 4 rings (SSSR count). The Labute approximate surface area is 168 Å². The Bertz CT molecular complexity index is 1180. The topological polar surface area (TPSA) is 42.0 Å². The van der Waals surface area contributed by atoms with E-state index in [0.29, 0.717) is 21.7 Å². The fourth-order valence-corrected chi connectivity index (χ4v) is 4.00. The van der Waals surface area contributed by atoms with Crippen molar-refractivity contribution in [2.24, 2.45) is 0 Å². The molecule has 0 unspecified atom stereocenters. The van der Waals surface area contributed by atoms with Crippen LogP contribution in [0.5, 0.6) is 0 Å². The predicted molar refractivity (Wildman–Crippen MR) is 109 cm³/mol. The number of nitrogens with one attached hydrogen (secondary N) is 1. The maximum Gasteiger partial charge on any atom is 0.416 e. The maximum atomic E-state index is 13.4. The highest BCUT2D eigenvalue weighted by Crippen LogP contribution is 2.35. The van der Waals surface area contributed by atoms with Crippen LogP contribution in [0.2, 0.25) is 0 Å². The number of halogens is 3. The zero-order valence-corrected chi connectivity index (χ0v) is 16.1. The molecule has 7 heteroatoms. The summed E-state index contributed by atoms with van der Waals surface area (Å²) in [5, 5.41) is 3.53. The lowest BCUT2D eigenvalue weighted by atomic mass is 10.0. The standard InChI is InChI=1S/C22H15F3N2OS/c1-13-8-14(6-7-26-13)16-9-17(22(23,24)25)12-18(10-16)27-21(28)20-11-15-4-2-3-5-19(15)29-20/h2-12H,1H3,(H,27,28). The predicted octanol–water partition coefficient (Wildman–Crippen LogP) is 6.54. The number of anilines is 1. The van der Waals surface area contributed by atoms with Crippen molar-refractivity contribution in [1.29, 1.82) is 0 Å². The molecule has 0 radical (unpaired) electrons. The summed E-state index contributed by atoms with van der Waals surface area (Å²) in [5.41, 5.74) is 0.913. The van der Waals surface area contributed by atoms with E-state index in [1.165, 1.54) is 17.4 Å². The number of carbonyl (C=O) groups is 1. The number of hydrogen-bond donors (Lipinski definition) is 1. The van der Waals surface area contributed by atoms with Gasteiger partial charge in [-0.05, 0) is 65.9 Å². The van der Waals surface area contributed by atoms with Gasteiger partial charge in [0.2, 0.25) is 0 Å². The minimum Gasteiger partial charge on any atom is -0.321 e. The van der Waals surface area contributed by atoms with Crippen molar-refractivity contribution in [3.8, 4) is 11.1 Å². The number of benzene rings is 2. The third-order valence-electron chi connectivity index (χ3n) is 4.40. The van der Waals surface area contributed by atoms with Gasteiger partial charge >= 0.3 is 6.18 Å². The van der Waals surface area contributed by atoms with E-state index in [2.05, 4.69) is 10.3 Å². The molecule has 146 valence electrons. The number of pyridine rings is 1. The second kappa shape index (κ2) is 7.33. The van der Waals surface area contributed by atoms with Crippen molar-refractivity contribution in [2.75, 3.05) is 5.32 Å². The van der Waals surface area contributed by atoms with E-state index in [-0.39, 0.29) is 5.69 Å². The van der Waals surface area contributed by atoms with Gasteiger partial charge in [0.15, 0.2) is 0 Å². The van der Waals surface area contributed by atoms with E-state index in [4.69, 9.17) is 0 Å². The number of fused-ring (bicyclic) bond motifs is 1. The van der Waals surface area contributed by atoms with Crippen LogP contribution < -0.4 is 5.32 Å². The molecule has 0 fully saturated rings. The van der Waals surface area contributed by atoms with Crippen LogP contribution in [0.3, 0.4) is 0 Å². The summed E-state index contributed by atoms with van der Waals surface area (Å²) in [7, 11) is 0. The van der Waals surface area contributed by atoms with Crippen molar-refractivity contribution in [2.45, 2.75) is 13.1 Å². The van der Waals surface area contributed by atoms with Crippen LogP contribution in [0.15, 0.2) is 66.9 Å². The lowest BCUT2D eigenvalue weighted by molar-refractivity contribution is -0.137. The zero-order valence-electron chi connectivity index (χ0n) is 15.2. The monoisotopic (exact) mass is 412 g/mol. The molecule has 2 heterocycles. The minimum atomic E-state index is -4.53. The largest absolute Gasteiger partial charge is 0.416 e. The number of thiophene rings is 1. The summed E-state index contributed by atoms with van der Waals surface area (Å²) >= 11 is 1.29. The summed E-state index contributed by atoms with van der Waals surface area (Å²) < 4.78 is 41.2. The highest BCUT2D eigenvalue weighted by atomic mass is 32.1. The number of nitrogens with zero attached hydrogens (tertiary/aromatic N) is 1. The molecule has 0 bridgehead atoms. The molecule has 0 aliphatic heterocycles. The summed E-state index contributed by atoms with van der Waals surface area (Å²) in [6.07, 6.45) is -2.99. The molecule has 0 aliphatic carbocycles. The highest BCUT2D eigenvalue weighted by molar-refractivity contribution is 7.20. The second-order valence-corrected chi connectivity index (χ2v) is 7.67. The first-order chi connectivity index (χ1) is 13.8. The van der Waals surface area contributed by atoms with Gasteiger partial charge in [-0.2, -0.15) is 13.2 Å². The lowest BCUT2D eigenvalue weighted by Gasteiger charge is -2.13. The van der Waals surface area contributed by atoms with Gasteiger partial charge in [-0.3, -0.25) is 9.78 Å². The van der Waals surface area contributed by atoms with Crippen LogP contribution in [0.25, 0.3) is 21.2 Å². The Hall–Kier alpha value is -3.19. The molecular weight excluding hydrogens is 397 g/mol. The molecule has 0 atom stereocenters. The smallest absolute Gasteiger partial charge is 0.321 e. The number of amides is 1. The van der Waals surface area contributed by atoms with Crippen LogP contribution in [-0.4, -0.2) is 10.9 Å². The van der Waals surface area contributed by atoms with Gasteiger partial charge in [0, 0.05) is 22.3 Å². The van der Waals surface area contributed by atoms with Crippen molar-refractivity contribution in [3.63, 3.8) is 0 Å². The van der Waals surface area contributed by atoms with Crippen LogP contribution in [0.1, 0.15) is 20.9 Å². The summed E-state index contributed by atoms with van der Waals surface area (Å²) in [6, 6.07) is 16.1. The summed E-state index contributed by atoms with van der Waals surface area (Å²) in [6.45, 7) is 1.77. The van der Waals surface area contributed by atoms with Crippen molar-refractivity contribution in [3.05, 3.63) is 83.0 Å².